The van der Waals surface area contributed by atoms with E-state index >= 15 is 4.39 Å². The molecule has 11 heteroatoms. The van der Waals surface area contributed by atoms with Gasteiger partial charge in [-0.1, -0.05) is 0 Å². The Balaban J connectivity index is 1.53. The molecule has 39 heavy (non-hydrogen) atoms. The first-order valence-electron chi connectivity index (χ1n) is 13.0. The lowest BCUT2D eigenvalue weighted by Gasteiger charge is -2.23. The summed E-state index contributed by atoms with van der Waals surface area (Å²) in [4.78, 5) is 39.4. The van der Waals surface area contributed by atoms with Crippen LogP contribution in [-0.4, -0.2) is 64.7 Å². The number of nitrogens with zero attached hydrogens (tertiary/aromatic N) is 4. The number of halogens is 1. The maximum absolute atomic E-state index is 16.2. The average molecular weight is 532 g/mol. The van der Waals surface area contributed by atoms with Gasteiger partial charge in [0.05, 0.1) is 28.4 Å². The average Bonchev–Trinajstić information content (AvgIpc) is 3.30. The predicted octanol–water partition coefficient (Wildman–Crippen LogP) is 3.70. The smallest absolute Gasteiger partial charge is 0.253 e. The number of pyridine rings is 1. The Labute approximate surface area is 224 Å². The lowest BCUT2D eigenvalue weighted by molar-refractivity contribution is -0.117. The van der Waals surface area contributed by atoms with Gasteiger partial charge in [0.25, 0.3) is 5.91 Å². The number of anilines is 2. The van der Waals surface area contributed by atoms with Gasteiger partial charge in [-0.05, 0) is 37.5 Å². The lowest BCUT2D eigenvalue weighted by atomic mass is 10.0. The Hall–Kier alpha value is -4.25. The van der Waals surface area contributed by atoms with Crippen molar-refractivity contribution in [1.29, 1.82) is 0 Å². The highest BCUT2D eigenvalue weighted by Gasteiger charge is 2.31. The zero-order valence-electron chi connectivity index (χ0n) is 22.0. The quantitative estimate of drug-likeness (QED) is 0.335. The number of ether oxygens (including phenoxy) is 1. The molecule has 2 fully saturated rings. The standard InChI is InChI=1S/C28H30FN7O3/c1-30-28(38)19-13-32-25(34-27(37)15-4-5-15)24-18(19)12-21(33-24)23-20(29)10-16(26-31-7-9-35(26)2)11-22(23)36-8-6-17(14-36)39-3/h7,9-13,15,17,33H,4-6,8,14H2,1-3H3,(H,30,38)(H,32,34,37)/t17-/m1/s1. The monoisotopic (exact) mass is 531 g/mol. The molecular formula is C28H30FN7O3. The summed E-state index contributed by atoms with van der Waals surface area (Å²) in [7, 11) is 5.09. The van der Waals surface area contributed by atoms with Crippen LogP contribution in [0.25, 0.3) is 33.5 Å². The number of nitrogens with one attached hydrogen (secondary N) is 3. The van der Waals surface area contributed by atoms with Crippen LogP contribution in [0.3, 0.4) is 0 Å². The van der Waals surface area contributed by atoms with Gasteiger partial charge in [0.15, 0.2) is 5.82 Å². The van der Waals surface area contributed by atoms with Crippen molar-refractivity contribution < 1.29 is 18.7 Å². The molecule has 0 unspecified atom stereocenters. The number of aromatic amines is 1. The summed E-state index contributed by atoms with van der Waals surface area (Å²) in [5, 5.41) is 6.06. The third-order valence-corrected chi connectivity index (χ3v) is 7.57. The first kappa shape index (κ1) is 25.1. The lowest BCUT2D eigenvalue weighted by Crippen LogP contribution is -2.23. The van der Waals surface area contributed by atoms with Gasteiger partial charge in [-0.3, -0.25) is 9.59 Å². The molecule has 0 bridgehead atoms. The van der Waals surface area contributed by atoms with E-state index in [4.69, 9.17) is 4.74 Å². The molecule has 10 nitrogen and oxygen atoms in total. The van der Waals surface area contributed by atoms with Crippen LogP contribution in [0, 0.1) is 11.7 Å². The zero-order chi connectivity index (χ0) is 27.3. The van der Waals surface area contributed by atoms with Gasteiger partial charge in [-0.25, -0.2) is 14.4 Å². The van der Waals surface area contributed by atoms with Gasteiger partial charge in [-0.2, -0.15) is 0 Å². The second-order valence-corrected chi connectivity index (χ2v) is 10.1. The minimum absolute atomic E-state index is 0.0264. The normalized spacial score (nSPS) is 17.1. The van der Waals surface area contributed by atoms with Gasteiger partial charge in [0.2, 0.25) is 5.91 Å². The van der Waals surface area contributed by atoms with Crippen LogP contribution < -0.4 is 15.5 Å². The summed E-state index contributed by atoms with van der Waals surface area (Å²) in [6.07, 6.45) is 7.48. The van der Waals surface area contributed by atoms with Crippen molar-refractivity contribution in [3.63, 3.8) is 0 Å². The number of H-pyrrole nitrogens is 1. The van der Waals surface area contributed by atoms with E-state index in [0.717, 1.165) is 19.3 Å². The third kappa shape index (κ3) is 4.52. The van der Waals surface area contributed by atoms with Gasteiger partial charge in [0, 0.05) is 75.4 Å². The molecule has 1 saturated carbocycles. The van der Waals surface area contributed by atoms with Crippen molar-refractivity contribution in [2.75, 3.05) is 37.5 Å². The highest BCUT2D eigenvalue weighted by atomic mass is 19.1. The van der Waals surface area contributed by atoms with E-state index in [0.29, 0.717) is 63.7 Å². The molecule has 3 N–H and O–H groups in total. The number of carbonyl (C=O) groups excluding carboxylic acids is 2. The van der Waals surface area contributed by atoms with E-state index in [2.05, 4.69) is 30.5 Å². The number of amides is 2. The molecule has 3 aromatic heterocycles. The van der Waals surface area contributed by atoms with Crippen molar-refractivity contribution >= 4 is 34.2 Å². The molecule has 1 aliphatic heterocycles. The van der Waals surface area contributed by atoms with Crippen molar-refractivity contribution in [2.45, 2.75) is 25.4 Å². The summed E-state index contributed by atoms with van der Waals surface area (Å²) >= 11 is 0. The summed E-state index contributed by atoms with van der Waals surface area (Å²) in [5.74, 6) is 0.0653. The van der Waals surface area contributed by atoms with Crippen LogP contribution in [-0.2, 0) is 16.6 Å². The molecule has 202 valence electrons. The van der Waals surface area contributed by atoms with Gasteiger partial charge in [0.1, 0.15) is 11.6 Å². The van der Waals surface area contributed by atoms with Crippen molar-refractivity contribution in [3.05, 3.63) is 48.2 Å². The van der Waals surface area contributed by atoms with Gasteiger partial charge < -0.3 is 29.8 Å². The Morgan fingerprint density at radius 1 is 1.18 bits per heavy atom. The zero-order valence-corrected chi connectivity index (χ0v) is 22.0. The first-order chi connectivity index (χ1) is 18.9. The van der Waals surface area contributed by atoms with Crippen LogP contribution in [0.1, 0.15) is 29.6 Å². The summed E-state index contributed by atoms with van der Waals surface area (Å²) in [6.45, 7) is 1.31. The van der Waals surface area contributed by atoms with Crippen molar-refractivity contribution in [1.82, 2.24) is 24.8 Å². The summed E-state index contributed by atoms with van der Waals surface area (Å²) < 4.78 is 23.6. The number of hydrogen-bond acceptors (Lipinski definition) is 6. The SMILES string of the molecule is CNC(=O)c1cnc(NC(=O)C2CC2)c2[nH]c(-c3c(F)cc(-c4nccn4C)cc3N3CC[C@@H](OC)C3)cc12. The largest absolute Gasteiger partial charge is 0.380 e. The minimum atomic E-state index is -0.434. The maximum atomic E-state index is 16.2. The fourth-order valence-electron chi connectivity index (χ4n) is 5.25. The topological polar surface area (TPSA) is 117 Å². The van der Waals surface area contributed by atoms with Crippen LogP contribution in [0.4, 0.5) is 15.9 Å². The summed E-state index contributed by atoms with van der Waals surface area (Å²) in [6, 6.07) is 5.17. The number of carbonyl (C=O) groups is 2. The highest BCUT2D eigenvalue weighted by Crippen LogP contribution is 2.41. The Bertz CT molecular complexity index is 1590. The second kappa shape index (κ2) is 9.81. The van der Waals surface area contributed by atoms with E-state index in [1.165, 1.54) is 19.3 Å². The van der Waals surface area contributed by atoms with E-state index in [-0.39, 0.29) is 23.8 Å². The molecular weight excluding hydrogens is 501 g/mol. The predicted molar refractivity (Wildman–Crippen MR) is 146 cm³/mol. The Morgan fingerprint density at radius 2 is 2.00 bits per heavy atom. The third-order valence-electron chi connectivity index (χ3n) is 7.57. The van der Waals surface area contributed by atoms with Gasteiger partial charge >= 0.3 is 0 Å². The molecule has 1 aliphatic carbocycles. The van der Waals surface area contributed by atoms with Crippen LogP contribution in [0.2, 0.25) is 0 Å². The van der Waals surface area contributed by atoms with E-state index in [1.54, 1.807) is 19.4 Å². The first-order valence-corrected chi connectivity index (χ1v) is 13.0. The molecule has 2 amide bonds. The number of fused-ring (bicyclic) bond motifs is 1. The fraction of sp³-hybridized carbons (Fsp3) is 0.357. The maximum Gasteiger partial charge on any atom is 0.253 e. The second-order valence-electron chi connectivity index (χ2n) is 10.1. The van der Waals surface area contributed by atoms with Gasteiger partial charge in [-0.15, -0.1) is 0 Å². The number of rotatable bonds is 7. The number of methoxy groups -OCH3 is 1. The van der Waals surface area contributed by atoms with Crippen LogP contribution in [0.5, 0.6) is 0 Å². The molecule has 6 rings (SSSR count). The molecule has 0 spiro atoms. The molecule has 4 heterocycles. The van der Waals surface area contributed by atoms with E-state index in [9.17, 15) is 9.59 Å². The Kier molecular flexibility index (Phi) is 6.30. The Morgan fingerprint density at radius 3 is 2.67 bits per heavy atom. The molecule has 1 aromatic carbocycles. The molecule has 1 saturated heterocycles. The summed E-state index contributed by atoms with van der Waals surface area (Å²) in [5.41, 5.74) is 2.98. The van der Waals surface area contributed by atoms with Crippen LogP contribution in [0.15, 0.2) is 36.8 Å². The molecule has 0 radical (unpaired) electrons. The minimum Gasteiger partial charge on any atom is -0.380 e. The molecule has 4 aromatic rings. The highest BCUT2D eigenvalue weighted by molar-refractivity contribution is 6.11. The number of benzene rings is 1. The fourth-order valence-corrected chi connectivity index (χ4v) is 5.25. The molecule has 2 aliphatic rings. The number of aryl methyl sites for hydroxylation is 1. The van der Waals surface area contributed by atoms with Crippen molar-refractivity contribution in [3.8, 4) is 22.6 Å². The number of hydrogen-bond donors (Lipinski definition) is 3. The van der Waals surface area contributed by atoms with E-state index < -0.39 is 5.82 Å². The number of aromatic nitrogens is 4. The molecule has 1 atom stereocenters. The van der Waals surface area contributed by atoms with Crippen LogP contribution >= 0.6 is 0 Å². The van der Waals surface area contributed by atoms with Crippen molar-refractivity contribution in [2.24, 2.45) is 13.0 Å². The van der Waals surface area contributed by atoms with E-state index in [1.807, 2.05) is 23.9 Å². The number of imidazole rings is 1.